The first-order valence-electron chi connectivity index (χ1n) is 6.41. The fraction of sp³-hybridized carbons (Fsp3) is 0.250. The van der Waals surface area contributed by atoms with E-state index in [2.05, 4.69) is 58.5 Å². The highest BCUT2D eigenvalue weighted by molar-refractivity contribution is 9.10. The van der Waals surface area contributed by atoms with Crippen LogP contribution in [0, 0.1) is 6.92 Å². The van der Waals surface area contributed by atoms with Crippen molar-refractivity contribution in [3.63, 3.8) is 0 Å². The molecule has 0 fully saturated rings. The van der Waals surface area contributed by atoms with Crippen LogP contribution in [0.25, 0.3) is 0 Å². The summed E-state index contributed by atoms with van der Waals surface area (Å²) in [6.45, 7) is 5.58. The average molecular weight is 320 g/mol. The Hall–Kier alpha value is -1.48. The van der Waals surface area contributed by atoms with E-state index in [-0.39, 0.29) is 0 Å². The Kier molecular flexibility index (Phi) is 4.86. The highest BCUT2D eigenvalue weighted by Crippen LogP contribution is 2.24. The number of nitrogens with one attached hydrogen (secondary N) is 1. The van der Waals surface area contributed by atoms with Crippen LogP contribution in [0.5, 0.6) is 5.75 Å². The lowest BCUT2D eigenvalue weighted by atomic mass is 10.2. The minimum absolute atomic E-state index is 0.702. The molecule has 2 aromatic carbocycles. The lowest BCUT2D eigenvalue weighted by Crippen LogP contribution is -2.00. The van der Waals surface area contributed by atoms with Crippen LogP contribution in [0.15, 0.2) is 46.9 Å². The van der Waals surface area contributed by atoms with E-state index in [1.54, 1.807) is 0 Å². The maximum Gasteiger partial charge on any atom is 0.119 e. The van der Waals surface area contributed by atoms with Crippen molar-refractivity contribution >= 4 is 21.6 Å². The van der Waals surface area contributed by atoms with Crippen LogP contribution < -0.4 is 10.1 Å². The molecule has 0 spiro atoms. The minimum atomic E-state index is 0.702. The Morgan fingerprint density at radius 2 is 1.84 bits per heavy atom. The maximum absolute atomic E-state index is 5.43. The van der Waals surface area contributed by atoms with Crippen LogP contribution in [0.2, 0.25) is 0 Å². The number of ether oxygens (including phenoxy) is 1. The molecule has 19 heavy (non-hydrogen) atoms. The van der Waals surface area contributed by atoms with Crippen molar-refractivity contribution in [3.8, 4) is 5.75 Å². The molecule has 2 aromatic rings. The van der Waals surface area contributed by atoms with Gasteiger partial charge in [0.1, 0.15) is 5.75 Å². The van der Waals surface area contributed by atoms with E-state index in [9.17, 15) is 0 Å². The van der Waals surface area contributed by atoms with Gasteiger partial charge >= 0.3 is 0 Å². The molecule has 0 aliphatic rings. The first-order chi connectivity index (χ1) is 9.19. The van der Waals surface area contributed by atoms with E-state index in [0.717, 1.165) is 22.5 Å². The van der Waals surface area contributed by atoms with Crippen LogP contribution in [0.4, 0.5) is 5.69 Å². The zero-order chi connectivity index (χ0) is 13.7. The number of hydrogen-bond acceptors (Lipinski definition) is 2. The van der Waals surface area contributed by atoms with Crippen molar-refractivity contribution in [1.82, 2.24) is 0 Å². The Balaban J connectivity index is 2.00. The molecule has 3 heteroatoms. The first-order valence-corrected chi connectivity index (χ1v) is 7.20. The zero-order valence-corrected chi connectivity index (χ0v) is 12.8. The number of halogens is 1. The van der Waals surface area contributed by atoms with E-state index in [1.165, 1.54) is 11.1 Å². The number of benzene rings is 2. The molecular formula is C16H18BrNO. The first kappa shape index (κ1) is 13.9. The van der Waals surface area contributed by atoms with Gasteiger partial charge in [-0.2, -0.15) is 0 Å². The van der Waals surface area contributed by atoms with Gasteiger partial charge in [-0.15, -0.1) is 0 Å². The Labute approximate surface area is 122 Å². The SMILES string of the molecule is CCOc1ccc(CNc2cc(C)ccc2Br)cc1. The number of hydrogen-bond donors (Lipinski definition) is 1. The second-order valence-electron chi connectivity index (χ2n) is 4.41. The molecule has 0 unspecified atom stereocenters. The van der Waals surface area contributed by atoms with Crippen LogP contribution in [-0.2, 0) is 6.54 Å². The molecule has 0 bridgehead atoms. The van der Waals surface area contributed by atoms with Crippen LogP contribution in [0.1, 0.15) is 18.1 Å². The topological polar surface area (TPSA) is 21.3 Å². The summed E-state index contributed by atoms with van der Waals surface area (Å²) >= 11 is 3.55. The molecule has 1 N–H and O–H groups in total. The van der Waals surface area contributed by atoms with Crippen molar-refractivity contribution in [2.75, 3.05) is 11.9 Å². The molecular weight excluding hydrogens is 302 g/mol. The standard InChI is InChI=1S/C16H18BrNO/c1-3-19-14-7-5-13(6-8-14)11-18-16-10-12(2)4-9-15(16)17/h4-10,18H,3,11H2,1-2H3. The lowest BCUT2D eigenvalue weighted by molar-refractivity contribution is 0.340. The number of anilines is 1. The van der Waals surface area contributed by atoms with Gasteiger partial charge in [0.15, 0.2) is 0 Å². The fourth-order valence-electron chi connectivity index (χ4n) is 1.84. The summed E-state index contributed by atoms with van der Waals surface area (Å²) in [6, 6.07) is 14.5. The molecule has 0 saturated carbocycles. The van der Waals surface area contributed by atoms with Crippen LogP contribution in [-0.4, -0.2) is 6.61 Å². The Bertz CT molecular complexity index is 537. The highest BCUT2D eigenvalue weighted by atomic mass is 79.9. The molecule has 100 valence electrons. The third kappa shape index (κ3) is 4.00. The second kappa shape index (κ2) is 6.62. The van der Waals surface area contributed by atoms with Gasteiger partial charge in [0, 0.05) is 16.7 Å². The van der Waals surface area contributed by atoms with Gasteiger partial charge in [-0.05, 0) is 65.2 Å². The molecule has 0 atom stereocenters. The summed E-state index contributed by atoms with van der Waals surface area (Å²) in [5.74, 6) is 0.919. The normalized spacial score (nSPS) is 10.3. The smallest absolute Gasteiger partial charge is 0.119 e. The predicted octanol–water partition coefficient (Wildman–Crippen LogP) is 4.77. The lowest BCUT2D eigenvalue weighted by Gasteiger charge is -2.10. The third-order valence-corrected chi connectivity index (χ3v) is 3.53. The van der Waals surface area contributed by atoms with Crippen LogP contribution >= 0.6 is 15.9 Å². The minimum Gasteiger partial charge on any atom is -0.494 e. The second-order valence-corrected chi connectivity index (χ2v) is 5.27. The van der Waals surface area contributed by atoms with Crippen molar-refractivity contribution in [2.45, 2.75) is 20.4 Å². The van der Waals surface area contributed by atoms with Gasteiger partial charge in [0.2, 0.25) is 0 Å². The molecule has 0 amide bonds. The van der Waals surface area contributed by atoms with Gasteiger partial charge in [-0.25, -0.2) is 0 Å². The molecule has 2 nitrogen and oxygen atoms in total. The quantitative estimate of drug-likeness (QED) is 0.857. The van der Waals surface area contributed by atoms with Gasteiger partial charge < -0.3 is 10.1 Å². The molecule has 0 aromatic heterocycles. The van der Waals surface area contributed by atoms with E-state index in [4.69, 9.17) is 4.74 Å². The molecule has 0 heterocycles. The van der Waals surface area contributed by atoms with Gasteiger partial charge in [-0.3, -0.25) is 0 Å². The third-order valence-electron chi connectivity index (χ3n) is 2.84. The summed E-state index contributed by atoms with van der Waals surface area (Å²) in [6.07, 6.45) is 0. The summed E-state index contributed by atoms with van der Waals surface area (Å²) < 4.78 is 6.52. The molecule has 0 aliphatic carbocycles. The van der Waals surface area contributed by atoms with Gasteiger partial charge in [0.05, 0.1) is 6.61 Å². The maximum atomic E-state index is 5.43. The molecule has 0 radical (unpaired) electrons. The molecule has 2 rings (SSSR count). The van der Waals surface area contributed by atoms with Crippen molar-refractivity contribution in [2.24, 2.45) is 0 Å². The molecule has 0 aliphatic heterocycles. The van der Waals surface area contributed by atoms with Crippen molar-refractivity contribution in [1.29, 1.82) is 0 Å². The Morgan fingerprint density at radius 3 is 2.53 bits per heavy atom. The predicted molar refractivity (Wildman–Crippen MR) is 83.8 cm³/mol. The molecule has 0 saturated heterocycles. The number of aryl methyl sites for hydroxylation is 1. The van der Waals surface area contributed by atoms with E-state index >= 15 is 0 Å². The zero-order valence-electron chi connectivity index (χ0n) is 11.2. The van der Waals surface area contributed by atoms with Gasteiger partial charge in [0.25, 0.3) is 0 Å². The monoisotopic (exact) mass is 319 g/mol. The number of rotatable bonds is 5. The van der Waals surface area contributed by atoms with E-state index < -0.39 is 0 Å². The Morgan fingerprint density at radius 1 is 1.11 bits per heavy atom. The summed E-state index contributed by atoms with van der Waals surface area (Å²) in [5.41, 5.74) is 3.60. The average Bonchev–Trinajstić information content (AvgIpc) is 2.42. The summed E-state index contributed by atoms with van der Waals surface area (Å²) in [5, 5.41) is 3.43. The largest absolute Gasteiger partial charge is 0.494 e. The van der Waals surface area contributed by atoms with Gasteiger partial charge in [-0.1, -0.05) is 18.2 Å². The van der Waals surface area contributed by atoms with Crippen molar-refractivity contribution < 1.29 is 4.74 Å². The summed E-state index contributed by atoms with van der Waals surface area (Å²) in [4.78, 5) is 0. The van der Waals surface area contributed by atoms with Crippen molar-refractivity contribution in [3.05, 3.63) is 58.1 Å². The highest BCUT2D eigenvalue weighted by Gasteiger charge is 2.00. The van der Waals surface area contributed by atoms with E-state index in [1.807, 2.05) is 19.1 Å². The summed E-state index contributed by atoms with van der Waals surface area (Å²) in [7, 11) is 0. The fourth-order valence-corrected chi connectivity index (χ4v) is 2.23. The van der Waals surface area contributed by atoms with Crippen LogP contribution in [0.3, 0.4) is 0 Å². The van der Waals surface area contributed by atoms with E-state index in [0.29, 0.717) is 6.61 Å².